The van der Waals surface area contributed by atoms with Crippen molar-refractivity contribution in [2.24, 2.45) is 11.7 Å². The maximum absolute atomic E-state index is 13.5. The number of likely N-dealkylation sites (tertiary alicyclic amines) is 1. The van der Waals surface area contributed by atoms with Crippen molar-refractivity contribution in [1.82, 2.24) is 4.90 Å². The number of nitrogens with two attached hydrogens (primary N) is 1. The lowest BCUT2D eigenvalue weighted by molar-refractivity contribution is -0.119. The predicted octanol–water partition coefficient (Wildman–Crippen LogP) is 3.10. The summed E-state index contributed by atoms with van der Waals surface area (Å²) in [5, 5.41) is 0. The summed E-state index contributed by atoms with van der Waals surface area (Å²) < 4.78 is 10.7. The second kappa shape index (κ2) is 7.78. The third kappa shape index (κ3) is 3.33. The maximum Gasteiger partial charge on any atom is 0.255 e. The molecule has 4 rings (SSSR count). The van der Waals surface area contributed by atoms with E-state index in [1.54, 1.807) is 18.2 Å². The molecule has 29 heavy (non-hydrogen) atoms. The number of hydrogen-bond acceptors (Lipinski definition) is 4. The molecule has 0 bridgehead atoms. The Hall–Kier alpha value is -3.02. The highest BCUT2D eigenvalue weighted by molar-refractivity contribution is 5.96. The molecule has 6 heteroatoms. The zero-order valence-corrected chi connectivity index (χ0v) is 16.6. The van der Waals surface area contributed by atoms with Crippen molar-refractivity contribution in [3.05, 3.63) is 59.7 Å². The van der Waals surface area contributed by atoms with Crippen molar-refractivity contribution >= 4 is 11.8 Å². The molecule has 2 aromatic carbocycles. The fourth-order valence-electron chi connectivity index (χ4n) is 4.85. The lowest BCUT2D eigenvalue weighted by atomic mass is 9.61. The highest BCUT2D eigenvalue weighted by atomic mass is 16.5. The van der Waals surface area contributed by atoms with E-state index in [4.69, 9.17) is 15.2 Å². The Morgan fingerprint density at radius 2 is 1.93 bits per heavy atom. The minimum absolute atomic E-state index is 0.00763. The number of primary amides is 1. The second-order valence-electron chi connectivity index (χ2n) is 7.77. The van der Waals surface area contributed by atoms with Crippen LogP contribution in [0.1, 0.15) is 41.6 Å². The largest absolute Gasteiger partial charge is 0.493 e. The monoisotopic (exact) mass is 394 g/mol. The van der Waals surface area contributed by atoms with Gasteiger partial charge in [0.2, 0.25) is 0 Å². The van der Waals surface area contributed by atoms with Gasteiger partial charge in [-0.2, -0.15) is 0 Å². The van der Waals surface area contributed by atoms with Gasteiger partial charge in [0.1, 0.15) is 0 Å². The Kier molecular flexibility index (Phi) is 5.18. The van der Waals surface area contributed by atoms with Gasteiger partial charge in [-0.1, -0.05) is 43.2 Å². The first-order valence-electron chi connectivity index (χ1n) is 10.0. The molecular weight excluding hydrogens is 368 g/mol. The molecule has 1 aliphatic carbocycles. The summed E-state index contributed by atoms with van der Waals surface area (Å²) in [6.45, 7) is 0.532. The molecule has 2 N–H and O–H groups in total. The van der Waals surface area contributed by atoms with Crippen molar-refractivity contribution in [3.63, 3.8) is 0 Å². The highest BCUT2D eigenvalue weighted by Gasteiger charge is 2.57. The molecule has 2 unspecified atom stereocenters. The fraction of sp³-hybridized carbons (Fsp3) is 0.391. The molecule has 1 aliphatic heterocycles. The molecule has 2 fully saturated rings. The van der Waals surface area contributed by atoms with Gasteiger partial charge in [-0.3, -0.25) is 9.59 Å². The van der Waals surface area contributed by atoms with E-state index in [0.717, 1.165) is 25.8 Å². The van der Waals surface area contributed by atoms with Crippen molar-refractivity contribution in [1.29, 1.82) is 0 Å². The average molecular weight is 394 g/mol. The van der Waals surface area contributed by atoms with Crippen LogP contribution in [-0.2, 0) is 10.3 Å². The topological polar surface area (TPSA) is 81.9 Å². The van der Waals surface area contributed by atoms with Crippen LogP contribution in [0.3, 0.4) is 0 Å². The number of rotatable bonds is 6. The van der Waals surface area contributed by atoms with Crippen molar-refractivity contribution < 1.29 is 19.1 Å². The summed E-state index contributed by atoms with van der Waals surface area (Å²) in [6.07, 6.45) is 4.49. The standard InChI is InChI=1S/C23H26N2O4/c1-28-20-13-16(10-11-19(20)29-15-21(24)26)22(27)25-14-18-9-5-6-12-23(18,25)17-7-3-2-4-8-17/h2-4,7-8,10-11,13,18H,5-6,9,12,14-15H2,1H3,(H2,24,26). The van der Waals surface area contributed by atoms with E-state index in [2.05, 4.69) is 12.1 Å². The number of benzene rings is 2. The van der Waals surface area contributed by atoms with Crippen LogP contribution >= 0.6 is 0 Å². The van der Waals surface area contributed by atoms with E-state index >= 15 is 0 Å². The van der Waals surface area contributed by atoms with Crippen LogP contribution in [-0.4, -0.2) is 37.0 Å². The molecule has 2 aromatic rings. The molecule has 1 saturated carbocycles. The number of carbonyl (C=O) groups excluding carboxylic acids is 2. The third-order valence-electron chi connectivity index (χ3n) is 6.22. The summed E-state index contributed by atoms with van der Waals surface area (Å²) in [6, 6.07) is 15.4. The van der Waals surface area contributed by atoms with E-state index in [1.807, 2.05) is 23.1 Å². The summed E-state index contributed by atoms with van der Waals surface area (Å²) in [7, 11) is 1.51. The maximum atomic E-state index is 13.5. The van der Waals surface area contributed by atoms with Gasteiger partial charge in [-0.15, -0.1) is 0 Å². The second-order valence-corrected chi connectivity index (χ2v) is 7.77. The van der Waals surface area contributed by atoms with Crippen molar-refractivity contribution in [2.75, 3.05) is 20.3 Å². The normalized spacial score (nSPS) is 22.9. The fourth-order valence-corrected chi connectivity index (χ4v) is 4.85. The molecule has 0 spiro atoms. The average Bonchev–Trinajstić information content (AvgIpc) is 2.73. The number of hydrogen-bond donors (Lipinski definition) is 1. The summed E-state index contributed by atoms with van der Waals surface area (Å²) in [5.74, 6) is 0.724. The Balaban J connectivity index is 1.63. The molecule has 1 saturated heterocycles. The number of carbonyl (C=O) groups is 2. The smallest absolute Gasteiger partial charge is 0.255 e. The number of methoxy groups -OCH3 is 1. The van der Waals surface area contributed by atoms with Crippen LogP contribution in [0.5, 0.6) is 11.5 Å². The Labute approximate surface area is 170 Å². The van der Waals surface area contributed by atoms with Gasteiger partial charge >= 0.3 is 0 Å². The lowest BCUT2D eigenvalue weighted by Gasteiger charge is -2.61. The first-order valence-corrected chi connectivity index (χ1v) is 10.0. The molecule has 2 amide bonds. The van der Waals surface area contributed by atoms with Crippen LogP contribution in [0.4, 0.5) is 0 Å². The van der Waals surface area contributed by atoms with Crippen LogP contribution < -0.4 is 15.2 Å². The van der Waals surface area contributed by atoms with Gasteiger partial charge in [-0.25, -0.2) is 0 Å². The minimum atomic E-state index is -0.569. The van der Waals surface area contributed by atoms with Crippen LogP contribution in [0.2, 0.25) is 0 Å². The van der Waals surface area contributed by atoms with Crippen LogP contribution in [0, 0.1) is 5.92 Å². The predicted molar refractivity (Wildman–Crippen MR) is 109 cm³/mol. The van der Waals surface area contributed by atoms with Gasteiger partial charge in [0, 0.05) is 18.0 Å². The third-order valence-corrected chi connectivity index (χ3v) is 6.22. The van der Waals surface area contributed by atoms with Crippen LogP contribution in [0.15, 0.2) is 48.5 Å². The first kappa shape index (κ1) is 19.3. The molecule has 2 atom stereocenters. The first-order chi connectivity index (χ1) is 14.1. The zero-order chi connectivity index (χ0) is 20.4. The molecule has 1 heterocycles. The molecule has 152 valence electrons. The Bertz CT molecular complexity index is 914. The SMILES string of the molecule is COc1cc(C(=O)N2CC3CCCCC32c2ccccc2)ccc1OCC(N)=O. The van der Waals surface area contributed by atoms with Crippen molar-refractivity contribution in [3.8, 4) is 11.5 Å². The van der Waals surface area contributed by atoms with E-state index in [9.17, 15) is 9.59 Å². The van der Waals surface area contributed by atoms with Crippen molar-refractivity contribution in [2.45, 2.75) is 31.2 Å². The van der Waals surface area contributed by atoms with E-state index in [-0.39, 0.29) is 18.1 Å². The molecule has 0 aromatic heterocycles. The molecule has 6 nitrogen and oxygen atoms in total. The molecule has 2 aliphatic rings. The van der Waals surface area contributed by atoms with E-state index in [0.29, 0.717) is 23.0 Å². The van der Waals surface area contributed by atoms with E-state index in [1.165, 1.54) is 19.1 Å². The number of ether oxygens (including phenoxy) is 2. The number of nitrogens with zero attached hydrogens (tertiary/aromatic N) is 1. The lowest BCUT2D eigenvalue weighted by Crippen LogP contribution is -2.67. The van der Waals surface area contributed by atoms with E-state index < -0.39 is 5.91 Å². The zero-order valence-electron chi connectivity index (χ0n) is 16.6. The van der Waals surface area contributed by atoms with Crippen LogP contribution in [0.25, 0.3) is 0 Å². The summed E-state index contributed by atoms with van der Waals surface area (Å²) in [4.78, 5) is 26.5. The number of amides is 2. The Morgan fingerprint density at radius 1 is 1.14 bits per heavy atom. The molecular formula is C23H26N2O4. The van der Waals surface area contributed by atoms with Gasteiger partial charge in [0.25, 0.3) is 11.8 Å². The summed E-state index contributed by atoms with van der Waals surface area (Å²) >= 11 is 0. The number of fused-ring (bicyclic) bond motifs is 1. The molecule has 0 radical (unpaired) electrons. The van der Waals surface area contributed by atoms with Gasteiger partial charge in [-0.05, 0) is 36.6 Å². The highest BCUT2D eigenvalue weighted by Crippen LogP contribution is 2.54. The van der Waals surface area contributed by atoms with Gasteiger partial charge < -0.3 is 20.1 Å². The van der Waals surface area contributed by atoms with Gasteiger partial charge in [0.05, 0.1) is 12.6 Å². The van der Waals surface area contributed by atoms with Gasteiger partial charge in [0.15, 0.2) is 18.1 Å². The minimum Gasteiger partial charge on any atom is -0.493 e. The summed E-state index contributed by atoms with van der Waals surface area (Å²) in [5.41, 5.74) is 6.69. The Morgan fingerprint density at radius 3 is 2.62 bits per heavy atom. The quantitative estimate of drug-likeness (QED) is 0.816.